The van der Waals surface area contributed by atoms with Crippen LogP contribution in [-0.4, -0.2) is 29.1 Å². The SMILES string of the molecule is CCNCc1cnc(N2CCCCCC2C)nc1C. The lowest BCUT2D eigenvalue weighted by Gasteiger charge is -2.27. The molecule has 1 atom stereocenters. The van der Waals surface area contributed by atoms with Gasteiger partial charge in [-0.3, -0.25) is 0 Å². The Morgan fingerprint density at radius 1 is 1.37 bits per heavy atom. The number of hydrogen-bond acceptors (Lipinski definition) is 4. The molecular formula is C15H26N4. The molecule has 0 aromatic carbocycles. The molecule has 1 saturated heterocycles. The summed E-state index contributed by atoms with van der Waals surface area (Å²) in [6.07, 6.45) is 7.15. The highest BCUT2D eigenvalue weighted by atomic mass is 15.3. The van der Waals surface area contributed by atoms with Gasteiger partial charge in [0.15, 0.2) is 0 Å². The zero-order valence-electron chi connectivity index (χ0n) is 12.4. The highest BCUT2D eigenvalue weighted by Gasteiger charge is 2.19. The summed E-state index contributed by atoms with van der Waals surface area (Å²) >= 11 is 0. The van der Waals surface area contributed by atoms with Gasteiger partial charge in [0.25, 0.3) is 0 Å². The summed E-state index contributed by atoms with van der Waals surface area (Å²) in [6, 6.07) is 0.557. The van der Waals surface area contributed by atoms with Gasteiger partial charge in [0, 0.05) is 36.6 Å². The van der Waals surface area contributed by atoms with Crippen LogP contribution in [0.2, 0.25) is 0 Å². The first-order valence-corrected chi connectivity index (χ1v) is 7.52. The lowest BCUT2D eigenvalue weighted by Crippen LogP contribution is -2.34. The van der Waals surface area contributed by atoms with Crippen LogP contribution in [0.4, 0.5) is 5.95 Å². The van der Waals surface area contributed by atoms with E-state index in [1.54, 1.807) is 0 Å². The lowest BCUT2D eigenvalue weighted by molar-refractivity contribution is 0.603. The molecule has 0 spiro atoms. The summed E-state index contributed by atoms with van der Waals surface area (Å²) in [4.78, 5) is 11.7. The average Bonchev–Trinajstić information content (AvgIpc) is 2.62. The smallest absolute Gasteiger partial charge is 0.225 e. The van der Waals surface area contributed by atoms with Crippen molar-refractivity contribution >= 4 is 5.95 Å². The fourth-order valence-corrected chi connectivity index (χ4v) is 2.62. The van der Waals surface area contributed by atoms with Gasteiger partial charge in [-0.25, -0.2) is 9.97 Å². The van der Waals surface area contributed by atoms with Crippen LogP contribution in [-0.2, 0) is 6.54 Å². The minimum Gasteiger partial charge on any atom is -0.338 e. The Balaban J connectivity index is 2.13. The average molecular weight is 262 g/mol. The van der Waals surface area contributed by atoms with E-state index >= 15 is 0 Å². The Kier molecular flexibility index (Phi) is 5.14. The minimum atomic E-state index is 0.557. The fraction of sp³-hybridized carbons (Fsp3) is 0.733. The first-order valence-electron chi connectivity index (χ1n) is 7.52. The largest absolute Gasteiger partial charge is 0.338 e. The van der Waals surface area contributed by atoms with Gasteiger partial charge in [0.05, 0.1) is 0 Å². The van der Waals surface area contributed by atoms with Crippen molar-refractivity contribution in [2.24, 2.45) is 0 Å². The molecule has 1 fully saturated rings. The Hall–Kier alpha value is -1.16. The van der Waals surface area contributed by atoms with Gasteiger partial charge in [0.1, 0.15) is 0 Å². The van der Waals surface area contributed by atoms with Gasteiger partial charge in [-0.15, -0.1) is 0 Å². The van der Waals surface area contributed by atoms with E-state index in [1.807, 2.05) is 6.20 Å². The Morgan fingerprint density at radius 3 is 2.95 bits per heavy atom. The second-order valence-corrected chi connectivity index (χ2v) is 5.45. The normalized spacial score (nSPS) is 20.4. The van der Waals surface area contributed by atoms with Crippen LogP contribution in [0.3, 0.4) is 0 Å². The van der Waals surface area contributed by atoms with Gasteiger partial charge in [-0.1, -0.05) is 19.8 Å². The molecule has 0 amide bonds. The maximum absolute atomic E-state index is 4.72. The van der Waals surface area contributed by atoms with Crippen LogP contribution in [0.1, 0.15) is 50.8 Å². The molecule has 1 aliphatic rings. The number of rotatable bonds is 4. The molecule has 0 radical (unpaired) electrons. The van der Waals surface area contributed by atoms with Crippen molar-refractivity contribution in [3.05, 3.63) is 17.5 Å². The summed E-state index contributed by atoms with van der Waals surface area (Å²) in [5.41, 5.74) is 2.30. The molecule has 4 heteroatoms. The summed E-state index contributed by atoms with van der Waals surface area (Å²) in [7, 11) is 0. The topological polar surface area (TPSA) is 41.1 Å². The predicted molar refractivity (Wildman–Crippen MR) is 79.4 cm³/mol. The molecule has 0 bridgehead atoms. The molecule has 1 aromatic heterocycles. The maximum atomic E-state index is 4.72. The Bertz CT molecular complexity index is 405. The van der Waals surface area contributed by atoms with E-state index in [0.29, 0.717) is 6.04 Å². The molecule has 0 aliphatic carbocycles. The maximum Gasteiger partial charge on any atom is 0.225 e. The van der Waals surface area contributed by atoms with E-state index in [0.717, 1.165) is 31.3 Å². The molecule has 4 nitrogen and oxygen atoms in total. The van der Waals surface area contributed by atoms with Crippen molar-refractivity contribution < 1.29 is 0 Å². The van der Waals surface area contributed by atoms with Crippen molar-refractivity contribution in [3.63, 3.8) is 0 Å². The summed E-state index contributed by atoms with van der Waals surface area (Å²) in [5, 5.41) is 3.33. The second kappa shape index (κ2) is 6.85. The number of nitrogens with one attached hydrogen (secondary N) is 1. The number of aryl methyl sites for hydroxylation is 1. The molecular weight excluding hydrogens is 236 g/mol. The second-order valence-electron chi connectivity index (χ2n) is 5.45. The van der Waals surface area contributed by atoms with Gasteiger partial charge < -0.3 is 10.2 Å². The Morgan fingerprint density at radius 2 is 2.21 bits per heavy atom. The zero-order valence-corrected chi connectivity index (χ0v) is 12.4. The van der Waals surface area contributed by atoms with Gasteiger partial charge in [0.2, 0.25) is 5.95 Å². The van der Waals surface area contributed by atoms with Crippen molar-refractivity contribution in [1.29, 1.82) is 0 Å². The highest BCUT2D eigenvalue weighted by molar-refractivity contribution is 5.34. The van der Waals surface area contributed by atoms with E-state index in [4.69, 9.17) is 4.98 Å². The van der Waals surface area contributed by atoms with Crippen LogP contribution in [0.15, 0.2) is 6.20 Å². The quantitative estimate of drug-likeness (QED) is 0.905. The van der Waals surface area contributed by atoms with E-state index in [2.05, 4.69) is 36.0 Å². The molecule has 19 heavy (non-hydrogen) atoms. The molecule has 2 rings (SSSR count). The monoisotopic (exact) mass is 262 g/mol. The number of hydrogen-bond donors (Lipinski definition) is 1. The van der Waals surface area contributed by atoms with E-state index in [9.17, 15) is 0 Å². The van der Waals surface area contributed by atoms with Gasteiger partial charge >= 0.3 is 0 Å². The number of aromatic nitrogens is 2. The van der Waals surface area contributed by atoms with Crippen molar-refractivity contribution in [2.75, 3.05) is 18.0 Å². The highest BCUT2D eigenvalue weighted by Crippen LogP contribution is 2.21. The molecule has 1 N–H and O–H groups in total. The van der Waals surface area contributed by atoms with Crippen molar-refractivity contribution in [1.82, 2.24) is 15.3 Å². The van der Waals surface area contributed by atoms with E-state index in [1.165, 1.54) is 31.2 Å². The van der Waals surface area contributed by atoms with Crippen molar-refractivity contribution in [2.45, 2.75) is 59.0 Å². The molecule has 0 saturated carbocycles. The lowest BCUT2D eigenvalue weighted by atomic mass is 10.1. The summed E-state index contributed by atoms with van der Waals surface area (Å²) in [6.45, 7) is 9.41. The zero-order chi connectivity index (χ0) is 13.7. The van der Waals surface area contributed by atoms with Crippen LogP contribution < -0.4 is 10.2 Å². The predicted octanol–water partition coefficient (Wildman–Crippen LogP) is 2.66. The minimum absolute atomic E-state index is 0.557. The first kappa shape index (κ1) is 14.3. The third-order valence-corrected chi connectivity index (χ3v) is 3.94. The van der Waals surface area contributed by atoms with Crippen LogP contribution in [0.25, 0.3) is 0 Å². The number of anilines is 1. The summed E-state index contributed by atoms with van der Waals surface area (Å²) in [5.74, 6) is 0.909. The third-order valence-electron chi connectivity index (χ3n) is 3.94. The molecule has 1 aromatic rings. The molecule has 106 valence electrons. The van der Waals surface area contributed by atoms with Gasteiger partial charge in [-0.2, -0.15) is 0 Å². The standard InChI is InChI=1S/C15H26N4/c1-4-16-10-14-11-17-15(18-13(14)3)19-9-7-5-6-8-12(19)2/h11-12,16H,4-10H2,1-3H3. The molecule has 1 unspecified atom stereocenters. The van der Waals surface area contributed by atoms with E-state index < -0.39 is 0 Å². The first-order chi connectivity index (χ1) is 9.22. The molecule has 1 aliphatic heterocycles. The van der Waals surface area contributed by atoms with Crippen LogP contribution in [0, 0.1) is 6.92 Å². The van der Waals surface area contributed by atoms with E-state index in [-0.39, 0.29) is 0 Å². The fourth-order valence-electron chi connectivity index (χ4n) is 2.62. The summed E-state index contributed by atoms with van der Waals surface area (Å²) < 4.78 is 0. The van der Waals surface area contributed by atoms with Crippen LogP contribution >= 0.6 is 0 Å². The molecule has 2 heterocycles. The number of nitrogens with zero attached hydrogens (tertiary/aromatic N) is 3. The third kappa shape index (κ3) is 3.66. The van der Waals surface area contributed by atoms with Crippen molar-refractivity contribution in [3.8, 4) is 0 Å². The van der Waals surface area contributed by atoms with Gasteiger partial charge in [-0.05, 0) is 33.2 Å². The van der Waals surface area contributed by atoms with Crippen LogP contribution in [0.5, 0.6) is 0 Å². The Labute approximate surface area is 116 Å².